The molecular weight excluding hydrogens is 136 g/mol. The lowest BCUT2D eigenvalue weighted by Crippen LogP contribution is -2.44. The fourth-order valence-electron chi connectivity index (χ4n) is 1.48. The van der Waals surface area contributed by atoms with Gasteiger partial charge in [0.25, 0.3) is 0 Å². The lowest BCUT2D eigenvalue weighted by atomic mass is 10.1. The molecule has 1 atom stereocenters. The number of hydrogen-bond acceptors (Lipinski definition) is 2. The fourth-order valence-corrected chi connectivity index (χ4v) is 1.48. The van der Waals surface area contributed by atoms with E-state index in [1.807, 2.05) is 0 Å². The molecule has 2 nitrogen and oxygen atoms in total. The van der Waals surface area contributed by atoms with Gasteiger partial charge in [0.2, 0.25) is 0 Å². The van der Waals surface area contributed by atoms with Crippen molar-refractivity contribution >= 4 is 0 Å². The molecule has 62 valence electrons. The molecule has 0 aromatic carbocycles. The fraction of sp³-hybridized carbons (Fsp3) is 0.778. The van der Waals surface area contributed by atoms with Crippen molar-refractivity contribution < 1.29 is 0 Å². The highest BCUT2D eigenvalue weighted by atomic mass is 15.1. The Kier molecular flexibility index (Phi) is 3.41. The van der Waals surface area contributed by atoms with Gasteiger partial charge in [0.1, 0.15) is 0 Å². The predicted octanol–water partition coefficient (Wildman–Crippen LogP) is 0.303. The van der Waals surface area contributed by atoms with Crippen LogP contribution in [0.5, 0.6) is 0 Å². The Hall–Kier alpha value is -0.520. The van der Waals surface area contributed by atoms with Gasteiger partial charge in [-0.05, 0) is 26.4 Å². The molecule has 0 saturated carbocycles. The molecule has 0 radical (unpaired) electrons. The molecule has 1 heterocycles. The van der Waals surface area contributed by atoms with E-state index in [0.29, 0.717) is 6.04 Å². The average molecular weight is 152 g/mol. The maximum Gasteiger partial charge on any atom is 0.0599 e. The molecule has 2 heteroatoms. The van der Waals surface area contributed by atoms with Crippen molar-refractivity contribution in [2.45, 2.75) is 18.9 Å². The van der Waals surface area contributed by atoms with E-state index in [-0.39, 0.29) is 0 Å². The van der Waals surface area contributed by atoms with Gasteiger partial charge in [0.05, 0.1) is 6.54 Å². The predicted molar refractivity (Wildman–Crippen MR) is 47.4 cm³/mol. The summed E-state index contributed by atoms with van der Waals surface area (Å²) in [6.07, 6.45) is 7.78. The summed E-state index contributed by atoms with van der Waals surface area (Å²) in [5, 5.41) is 3.36. The molecule has 1 rings (SSSR count). The van der Waals surface area contributed by atoms with Crippen molar-refractivity contribution in [3.8, 4) is 12.3 Å². The molecule has 0 aliphatic carbocycles. The molecule has 0 bridgehead atoms. The highest BCUT2D eigenvalue weighted by Gasteiger charge is 2.15. The first-order valence-electron chi connectivity index (χ1n) is 4.19. The third-order valence-electron chi connectivity index (χ3n) is 2.23. The summed E-state index contributed by atoms with van der Waals surface area (Å²) >= 11 is 0. The first kappa shape index (κ1) is 8.58. The number of rotatable bonds is 2. The number of terminal acetylenes is 1. The minimum atomic E-state index is 0.653. The SMILES string of the molecule is C#CCN(C)C1CCCNC1. The van der Waals surface area contributed by atoms with Crippen LogP contribution in [0.15, 0.2) is 0 Å². The van der Waals surface area contributed by atoms with Gasteiger partial charge in [0, 0.05) is 12.6 Å². The van der Waals surface area contributed by atoms with Crippen molar-refractivity contribution in [2.75, 3.05) is 26.7 Å². The Morgan fingerprint density at radius 3 is 3.09 bits per heavy atom. The number of likely N-dealkylation sites (N-methyl/N-ethyl adjacent to an activating group) is 1. The van der Waals surface area contributed by atoms with E-state index in [9.17, 15) is 0 Å². The zero-order valence-corrected chi connectivity index (χ0v) is 7.14. The van der Waals surface area contributed by atoms with Gasteiger partial charge in [-0.25, -0.2) is 0 Å². The molecule has 0 amide bonds. The van der Waals surface area contributed by atoms with Gasteiger partial charge in [-0.15, -0.1) is 6.42 Å². The summed E-state index contributed by atoms with van der Waals surface area (Å²) in [4.78, 5) is 2.24. The standard InChI is InChI=1S/C9H16N2/c1-3-7-11(2)9-5-4-6-10-8-9/h1,9-10H,4-8H2,2H3. The van der Waals surface area contributed by atoms with E-state index in [1.54, 1.807) is 0 Å². The minimum Gasteiger partial charge on any atom is -0.315 e. The molecule has 1 fully saturated rings. The Morgan fingerprint density at radius 1 is 1.73 bits per heavy atom. The Balaban J connectivity index is 2.27. The third-order valence-corrected chi connectivity index (χ3v) is 2.23. The lowest BCUT2D eigenvalue weighted by molar-refractivity contribution is 0.224. The second-order valence-electron chi connectivity index (χ2n) is 3.12. The van der Waals surface area contributed by atoms with Gasteiger partial charge in [0.15, 0.2) is 0 Å². The van der Waals surface area contributed by atoms with Crippen LogP contribution in [-0.2, 0) is 0 Å². The summed E-state index contributed by atoms with van der Waals surface area (Å²) in [5.41, 5.74) is 0. The van der Waals surface area contributed by atoms with E-state index in [1.165, 1.54) is 19.4 Å². The molecule has 1 aliphatic rings. The second kappa shape index (κ2) is 4.38. The Labute approximate surface area is 69.0 Å². The molecular formula is C9H16N2. The Bertz CT molecular complexity index is 142. The molecule has 0 aromatic heterocycles. The van der Waals surface area contributed by atoms with Gasteiger partial charge in [-0.2, -0.15) is 0 Å². The summed E-state index contributed by atoms with van der Waals surface area (Å²) in [5.74, 6) is 2.66. The molecule has 1 N–H and O–H groups in total. The maximum absolute atomic E-state index is 5.22. The van der Waals surface area contributed by atoms with Gasteiger partial charge in [-0.3, -0.25) is 4.90 Å². The Morgan fingerprint density at radius 2 is 2.55 bits per heavy atom. The minimum absolute atomic E-state index is 0.653. The van der Waals surface area contributed by atoms with Crippen LogP contribution < -0.4 is 5.32 Å². The highest BCUT2D eigenvalue weighted by molar-refractivity contribution is 4.90. The normalized spacial score (nSPS) is 25.0. The monoisotopic (exact) mass is 152 g/mol. The van der Waals surface area contributed by atoms with Crippen LogP contribution in [0.3, 0.4) is 0 Å². The molecule has 0 spiro atoms. The summed E-state index contributed by atoms with van der Waals surface area (Å²) in [7, 11) is 2.09. The van der Waals surface area contributed by atoms with Crippen molar-refractivity contribution in [1.29, 1.82) is 0 Å². The van der Waals surface area contributed by atoms with Gasteiger partial charge in [-0.1, -0.05) is 5.92 Å². The smallest absolute Gasteiger partial charge is 0.0599 e. The van der Waals surface area contributed by atoms with Crippen LogP contribution in [0.1, 0.15) is 12.8 Å². The van der Waals surface area contributed by atoms with E-state index >= 15 is 0 Å². The van der Waals surface area contributed by atoms with E-state index in [2.05, 4.69) is 23.2 Å². The van der Waals surface area contributed by atoms with Crippen LogP contribution in [0, 0.1) is 12.3 Å². The summed E-state index contributed by atoms with van der Waals surface area (Å²) < 4.78 is 0. The molecule has 11 heavy (non-hydrogen) atoms. The number of hydrogen-bond donors (Lipinski definition) is 1. The van der Waals surface area contributed by atoms with Gasteiger partial charge >= 0.3 is 0 Å². The van der Waals surface area contributed by atoms with E-state index in [0.717, 1.165) is 13.1 Å². The summed E-state index contributed by atoms with van der Waals surface area (Å²) in [6.45, 7) is 3.03. The summed E-state index contributed by atoms with van der Waals surface area (Å²) in [6, 6.07) is 0.653. The largest absolute Gasteiger partial charge is 0.315 e. The number of piperidine rings is 1. The zero-order chi connectivity index (χ0) is 8.10. The topological polar surface area (TPSA) is 15.3 Å². The molecule has 0 aromatic rings. The van der Waals surface area contributed by atoms with E-state index in [4.69, 9.17) is 6.42 Å². The van der Waals surface area contributed by atoms with Crippen molar-refractivity contribution in [2.24, 2.45) is 0 Å². The highest BCUT2D eigenvalue weighted by Crippen LogP contribution is 2.07. The zero-order valence-electron chi connectivity index (χ0n) is 7.14. The second-order valence-corrected chi connectivity index (χ2v) is 3.12. The average Bonchev–Trinajstić information content (AvgIpc) is 2.07. The molecule has 1 unspecified atom stereocenters. The van der Waals surface area contributed by atoms with Gasteiger partial charge < -0.3 is 5.32 Å². The number of nitrogens with one attached hydrogen (secondary N) is 1. The van der Waals surface area contributed by atoms with Crippen LogP contribution in [0.25, 0.3) is 0 Å². The van der Waals surface area contributed by atoms with Crippen molar-refractivity contribution in [3.05, 3.63) is 0 Å². The third kappa shape index (κ3) is 2.53. The first-order valence-corrected chi connectivity index (χ1v) is 4.19. The quantitative estimate of drug-likeness (QED) is 0.573. The van der Waals surface area contributed by atoms with Crippen LogP contribution >= 0.6 is 0 Å². The molecule has 1 saturated heterocycles. The lowest BCUT2D eigenvalue weighted by Gasteiger charge is -2.30. The number of nitrogens with zero attached hydrogens (tertiary/aromatic N) is 1. The van der Waals surface area contributed by atoms with Crippen LogP contribution in [0.4, 0.5) is 0 Å². The van der Waals surface area contributed by atoms with E-state index < -0.39 is 0 Å². The van der Waals surface area contributed by atoms with Crippen LogP contribution in [0.2, 0.25) is 0 Å². The van der Waals surface area contributed by atoms with Crippen molar-refractivity contribution in [1.82, 2.24) is 10.2 Å². The maximum atomic E-state index is 5.22. The first-order chi connectivity index (χ1) is 5.34. The van der Waals surface area contributed by atoms with Crippen LogP contribution in [-0.4, -0.2) is 37.6 Å². The molecule has 1 aliphatic heterocycles. The van der Waals surface area contributed by atoms with Crippen molar-refractivity contribution in [3.63, 3.8) is 0 Å².